The highest BCUT2D eigenvalue weighted by Gasteiger charge is 2.19. The van der Waals surface area contributed by atoms with Crippen LogP contribution in [0.4, 0.5) is 10.2 Å². The van der Waals surface area contributed by atoms with E-state index in [9.17, 15) is 12.8 Å². The van der Waals surface area contributed by atoms with Crippen molar-refractivity contribution in [1.82, 2.24) is 10.3 Å². The van der Waals surface area contributed by atoms with Crippen LogP contribution in [0.5, 0.6) is 0 Å². The van der Waals surface area contributed by atoms with Gasteiger partial charge in [-0.2, -0.15) is 0 Å². The first kappa shape index (κ1) is 15.9. The van der Waals surface area contributed by atoms with Crippen molar-refractivity contribution < 1.29 is 12.8 Å². The summed E-state index contributed by atoms with van der Waals surface area (Å²) in [6.07, 6.45) is 1.45. The molecule has 2 N–H and O–H groups in total. The Morgan fingerprint density at radius 2 is 2.05 bits per heavy atom. The van der Waals surface area contributed by atoms with Gasteiger partial charge in [-0.15, -0.1) is 0 Å². The van der Waals surface area contributed by atoms with Crippen molar-refractivity contribution in [3.63, 3.8) is 0 Å². The van der Waals surface area contributed by atoms with Gasteiger partial charge in [0.2, 0.25) is 0 Å². The molecule has 2 rings (SSSR count). The van der Waals surface area contributed by atoms with E-state index < -0.39 is 20.7 Å². The molecule has 0 aliphatic heterocycles. The summed E-state index contributed by atoms with van der Waals surface area (Å²) in [5, 5.41) is 2.87. The van der Waals surface area contributed by atoms with E-state index in [-0.39, 0.29) is 5.82 Å². The largest absolute Gasteiger partial charge is 0.316 e. The lowest BCUT2D eigenvalue weighted by Crippen LogP contribution is -2.16. The first-order valence-electron chi connectivity index (χ1n) is 6.00. The van der Waals surface area contributed by atoms with Gasteiger partial charge in [0.25, 0.3) is 10.0 Å². The molecule has 2 aromatic rings. The van der Waals surface area contributed by atoms with Crippen molar-refractivity contribution in [2.75, 3.05) is 11.8 Å². The van der Waals surface area contributed by atoms with E-state index >= 15 is 0 Å². The number of aromatic nitrogens is 1. The fourth-order valence-electron chi connectivity index (χ4n) is 1.71. The van der Waals surface area contributed by atoms with E-state index in [1.54, 1.807) is 19.2 Å². The number of rotatable bonds is 5. The van der Waals surface area contributed by atoms with Crippen LogP contribution in [0.25, 0.3) is 0 Å². The Hall–Kier alpha value is -1.51. The highest BCUT2D eigenvalue weighted by molar-refractivity contribution is 9.10. The van der Waals surface area contributed by atoms with Gasteiger partial charge in [0, 0.05) is 17.2 Å². The summed E-state index contributed by atoms with van der Waals surface area (Å²) in [4.78, 5) is 3.49. The average molecular weight is 374 g/mol. The molecule has 0 atom stereocenters. The van der Waals surface area contributed by atoms with Crippen molar-refractivity contribution in [2.45, 2.75) is 11.4 Å². The molecular formula is C13H13BrFN3O2S. The number of halogens is 2. The van der Waals surface area contributed by atoms with Crippen molar-refractivity contribution in [3.05, 3.63) is 52.4 Å². The van der Waals surface area contributed by atoms with Crippen molar-refractivity contribution in [1.29, 1.82) is 0 Å². The molecular weight excluding hydrogens is 361 g/mol. The molecule has 8 heteroatoms. The highest BCUT2D eigenvalue weighted by atomic mass is 79.9. The third-order valence-electron chi connectivity index (χ3n) is 2.63. The van der Waals surface area contributed by atoms with Crippen LogP contribution in [0.1, 0.15) is 5.56 Å². The smallest absolute Gasteiger partial charge is 0.265 e. The molecule has 0 saturated heterocycles. The number of pyridine rings is 1. The molecule has 5 nitrogen and oxygen atoms in total. The van der Waals surface area contributed by atoms with Gasteiger partial charge in [0.05, 0.1) is 0 Å². The molecule has 0 amide bonds. The van der Waals surface area contributed by atoms with Crippen LogP contribution in [0, 0.1) is 5.82 Å². The number of hydrogen-bond donors (Lipinski definition) is 2. The SMILES string of the molecule is CNCc1ccc(S(=O)(=O)Nc2ccc(Br)cn2)c(F)c1. The summed E-state index contributed by atoms with van der Waals surface area (Å²) in [5.74, 6) is -0.677. The lowest BCUT2D eigenvalue weighted by atomic mass is 10.2. The monoisotopic (exact) mass is 373 g/mol. The van der Waals surface area contributed by atoms with Gasteiger partial charge in [-0.05, 0) is 52.8 Å². The van der Waals surface area contributed by atoms with E-state index in [1.165, 1.54) is 24.4 Å². The molecule has 0 aliphatic carbocycles. The number of benzene rings is 1. The number of sulfonamides is 1. The fraction of sp³-hybridized carbons (Fsp3) is 0.154. The minimum Gasteiger partial charge on any atom is -0.316 e. The van der Waals surface area contributed by atoms with Crippen molar-refractivity contribution >= 4 is 31.8 Å². The van der Waals surface area contributed by atoms with E-state index in [2.05, 4.69) is 31.0 Å². The van der Waals surface area contributed by atoms with Crippen LogP contribution in [0.2, 0.25) is 0 Å². The molecule has 112 valence electrons. The van der Waals surface area contributed by atoms with Crippen molar-refractivity contribution in [2.24, 2.45) is 0 Å². The zero-order valence-electron chi connectivity index (χ0n) is 11.1. The first-order valence-corrected chi connectivity index (χ1v) is 8.27. The van der Waals surface area contributed by atoms with Gasteiger partial charge in [-0.3, -0.25) is 4.72 Å². The average Bonchev–Trinajstić information content (AvgIpc) is 2.41. The zero-order chi connectivity index (χ0) is 15.5. The van der Waals surface area contributed by atoms with E-state index in [1.807, 2.05) is 0 Å². The van der Waals surface area contributed by atoms with Gasteiger partial charge in [0.1, 0.15) is 16.5 Å². The highest BCUT2D eigenvalue weighted by Crippen LogP contribution is 2.20. The molecule has 0 radical (unpaired) electrons. The first-order chi connectivity index (χ1) is 9.92. The van der Waals surface area contributed by atoms with Gasteiger partial charge in [-0.1, -0.05) is 6.07 Å². The Morgan fingerprint density at radius 1 is 1.29 bits per heavy atom. The minimum absolute atomic E-state index is 0.122. The maximum Gasteiger partial charge on any atom is 0.265 e. The lowest BCUT2D eigenvalue weighted by molar-refractivity contribution is 0.568. The second kappa shape index (κ2) is 6.50. The number of nitrogens with one attached hydrogen (secondary N) is 2. The standard InChI is InChI=1S/C13H13BrFN3O2S/c1-16-7-9-2-4-12(11(15)6-9)21(19,20)18-13-5-3-10(14)8-17-13/h2-6,8,16H,7H2,1H3,(H,17,18). The second-order valence-electron chi connectivity index (χ2n) is 4.26. The van der Waals surface area contributed by atoms with Crippen LogP contribution in [0.3, 0.4) is 0 Å². The van der Waals surface area contributed by atoms with Crippen LogP contribution in [-0.4, -0.2) is 20.4 Å². The van der Waals surface area contributed by atoms with E-state index in [4.69, 9.17) is 0 Å². The van der Waals surface area contributed by atoms with Crippen LogP contribution >= 0.6 is 15.9 Å². The van der Waals surface area contributed by atoms with Crippen LogP contribution in [0.15, 0.2) is 45.9 Å². The third kappa shape index (κ3) is 3.99. The molecule has 1 heterocycles. The Morgan fingerprint density at radius 3 is 2.62 bits per heavy atom. The maximum atomic E-state index is 14.0. The summed E-state index contributed by atoms with van der Waals surface area (Å²) in [6.45, 7) is 0.457. The molecule has 0 spiro atoms. The topological polar surface area (TPSA) is 71.1 Å². The molecule has 0 bridgehead atoms. The van der Waals surface area contributed by atoms with E-state index in [0.29, 0.717) is 16.6 Å². The van der Waals surface area contributed by atoms with E-state index in [0.717, 1.165) is 0 Å². The van der Waals surface area contributed by atoms with Gasteiger partial charge in [-0.25, -0.2) is 17.8 Å². The quantitative estimate of drug-likeness (QED) is 0.844. The number of anilines is 1. The molecule has 1 aromatic carbocycles. The molecule has 1 aromatic heterocycles. The maximum absolute atomic E-state index is 14.0. The second-order valence-corrected chi connectivity index (χ2v) is 6.83. The minimum atomic E-state index is -4.01. The Bertz CT molecular complexity index is 736. The Balaban J connectivity index is 2.29. The van der Waals surface area contributed by atoms with Gasteiger partial charge < -0.3 is 5.32 Å². The summed E-state index contributed by atoms with van der Waals surface area (Å²) >= 11 is 3.20. The fourth-order valence-corrected chi connectivity index (χ4v) is 3.01. The number of hydrogen-bond acceptors (Lipinski definition) is 4. The zero-order valence-corrected chi connectivity index (χ0v) is 13.5. The normalized spacial score (nSPS) is 11.4. The molecule has 0 fully saturated rings. The summed E-state index contributed by atoms with van der Waals surface area (Å²) in [5.41, 5.74) is 0.663. The lowest BCUT2D eigenvalue weighted by Gasteiger charge is -2.09. The molecule has 21 heavy (non-hydrogen) atoms. The summed E-state index contributed by atoms with van der Waals surface area (Å²) < 4.78 is 41.2. The van der Waals surface area contributed by atoms with Gasteiger partial charge >= 0.3 is 0 Å². The predicted molar refractivity (Wildman–Crippen MR) is 81.9 cm³/mol. The summed E-state index contributed by atoms with van der Waals surface area (Å²) in [7, 11) is -2.29. The Labute approximate surface area is 130 Å². The predicted octanol–water partition coefficient (Wildman–Crippen LogP) is 2.50. The van der Waals surface area contributed by atoms with Gasteiger partial charge in [0.15, 0.2) is 0 Å². The van der Waals surface area contributed by atoms with Crippen LogP contribution < -0.4 is 10.0 Å². The third-order valence-corrected chi connectivity index (χ3v) is 4.49. The molecule has 0 unspecified atom stereocenters. The summed E-state index contributed by atoms with van der Waals surface area (Å²) in [6, 6.07) is 7.11. The number of nitrogens with zero attached hydrogens (tertiary/aromatic N) is 1. The van der Waals surface area contributed by atoms with Crippen molar-refractivity contribution in [3.8, 4) is 0 Å². The molecule has 0 aliphatic rings. The molecule has 0 saturated carbocycles. The van der Waals surface area contributed by atoms with Crippen LogP contribution in [-0.2, 0) is 16.6 Å². The Kier molecular flexibility index (Phi) is 4.92.